The van der Waals surface area contributed by atoms with Gasteiger partial charge in [0.2, 0.25) is 15.4 Å². The van der Waals surface area contributed by atoms with Gasteiger partial charge in [0.1, 0.15) is 0 Å². The van der Waals surface area contributed by atoms with Crippen LogP contribution in [0.2, 0.25) is 0 Å². The molecule has 0 aliphatic carbocycles. The predicted molar refractivity (Wildman–Crippen MR) is 65.0 cm³/mol. The minimum absolute atomic E-state index is 0.0753. The lowest BCUT2D eigenvalue weighted by Crippen LogP contribution is -2.29. The number of aromatic nitrogens is 2. The first-order valence-electron chi connectivity index (χ1n) is 5.28. The van der Waals surface area contributed by atoms with Crippen molar-refractivity contribution < 1.29 is 23.4 Å². The molecule has 0 saturated carbocycles. The number of carbonyl (C=O) groups is 1. The van der Waals surface area contributed by atoms with Crippen LogP contribution in [0.5, 0.6) is 0 Å². The lowest BCUT2D eigenvalue weighted by Gasteiger charge is -2.12. The van der Waals surface area contributed by atoms with Gasteiger partial charge in [0.15, 0.2) is 0 Å². The van der Waals surface area contributed by atoms with E-state index in [4.69, 9.17) is 0 Å². The Morgan fingerprint density at radius 2 is 1.95 bits per heavy atom. The molecule has 9 nitrogen and oxygen atoms in total. The number of carbonyl (C=O) groups excluding carboxylic acids is 1. The molecule has 1 aliphatic heterocycles. The van der Waals surface area contributed by atoms with Gasteiger partial charge >= 0.3 is 0 Å². The summed E-state index contributed by atoms with van der Waals surface area (Å²) in [6, 6.07) is 0. The molecule has 19 heavy (non-hydrogen) atoms. The molecule has 1 saturated heterocycles. The molecule has 1 amide bonds. The van der Waals surface area contributed by atoms with Crippen LogP contribution in [0.25, 0.3) is 0 Å². The van der Waals surface area contributed by atoms with Crippen molar-refractivity contribution in [2.45, 2.75) is 23.5 Å². The molecule has 0 spiro atoms. The predicted octanol–water partition coefficient (Wildman–Crippen LogP) is -1.78. The van der Waals surface area contributed by atoms with Crippen LogP contribution in [0.15, 0.2) is 4.34 Å². The Kier molecular flexibility index (Phi) is 3.82. The smallest absolute Gasteiger partial charge is 0.272 e. The summed E-state index contributed by atoms with van der Waals surface area (Å²) in [5.74, 6) is -0.382. The van der Waals surface area contributed by atoms with Crippen LogP contribution in [0, 0.1) is 0 Å². The van der Waals surface area contributed by atoms with Crippen molar-refractivity contribution in [1.29, 1.82) is 0 Å². The molecule has 2 heterocycles. The van der Waals surface area contributed by atoms with E-state index < -0.39 is 22.2 Å². The van der Waals surface area contributed by atoms with E-state index >= 15 is 0 Å². The average Bonchev–Trinajstić information content (AvgIpc) is 2.87. The van der Waals surface area contributed by atoms with Gasteiger partial charge in [-0.1, -0.05) is 11.3 Å². The number of rotatable bonds is 3. The van der Waals surface area contributed by atoms with Crippen LogP contribution in [0.4, 0.5) is 5.13 Å². The Bertz CT molecular complexity index is 576. The summed E-state index contributed by atoms with van der Waals surface area (Å²) < 4.78 is 24.9. The Morgan fingerprint density at radius 3 is 2.47 bits per heavy atom. The van der Waals surface area contributed by atoms with Gasteiger partial charge in [-0.15, -0.1) is 10.2 Å². The first kappa shape index (κ1) is 14.3. The van der Waals surface area contributed by atoms with Crippen molar-refractivity contribution in [3.05, 3.63) is 0 Å². The zero-order chi connectivity index (χ0) is 14.2. The summed E-state index contributed by atoms with van der Waals surface area (Å²) in [6.07, 6.45) is -2.23. The number of aliphatic hydroxyl groups is 2. The van der Waals surface area contributed by atoms with Gasteiger partial charge in [0.05, 0.1) is 12.2 Å². The van der Waals surface area contributed by atoms with E-state index in [0.29, 0.717) is 11.3 Å². The number of hydrogen-bond acceptors (Lipinski definition) is 8. The number of nitrogens with zero attached hydrogens (tertiary/aromatic N) is 3. The van der Waals surface area contributed by atoms with E-state index in [0.717, 1.165) is 4.31 Å². The van der Waals surface area contributed by atoms with Gasteiger partial charge in [-0.05, 0) is 0 Å². The van der Waals surface area contributed by atoms with Crippen LogP contribution < -0.4 is 5.32 Å². The van der Waals surface area contributed by atoms with E-state index in [1.807, 2.05) is 0 Å². The maximum atomic E-state index is 12.1. The summed E-state index contributed by atoms with van der Waals surface area (Å²) in [6.45, 7) is 0.875. The van der Waals surface area contributed by atoms with Gasteiger partial charge in [0.25, 0.3) is 10.0 Å². The molecule has 2 rings (SSSR count). The molecular formula is C8H12N4O5S2. The fourth-order valence-corrected chi connectivity index (χ4v) is 4.12. The molecule has 0 radical (unpaired) electrons. The van der Waals surface area contributed by atoms with Crippen molar-refractivity contribution in [1.82, 2.24) is 14.5 Å². The minimum atomic E-state index is -3.91. The first-order valence-corrected chi connectivity index (χ1v) is 7.53. The van der Waals surface area contributed by atoms with Crippen molar-refractivity contribution >= 4 is 32.4 Å². The monoisotopic (exact) mass is 308 g/mol. The lowest BCUT2D eigenvalue weighted by atomic mass is 10.3. The zero-order valence-corrected chi connectivity index (χ0v) is 11.5. The van der Waals surface area contributed by atoms with Gasteiger partial charge in [-0.2, -0.15) is 4.31 Å². The van der Waals surface area contributed by atoms with Crippen LogP contribution >= 0.6 is 11.3 Å². The molecule has 1 fully saturated rings. The first-order chi connectivity index (χ1) is 8.80. The Labute approximate surface area is 112 Å². The van der Waals surface area contributed by atoms with Crippen molar-refractivity contribution in [2.24, 2.45) is 0 Å². The normalized spacial score (nSPS) is 24.6. The molecule has 0 aromatic carbocycles. The summed E-state index contributed by atoms with van der Waals surface area (Å²) in [4.78, 5) is 10.8. The third kappa shape index (κ3) is 2.90. The third-order valence-corrected chi connectivity index (χ3v) is 5.49. The number of aliphatic hydroxyl groups excluding tert-OH is 2. The van der Waals surface area contributed by atoms with Crippen LogP contribution in [-0.2, 0) is 14.8 Å². The van der Waals surface area contributed by atoms with Crippen molar-refractivity contribution in [2.75, 3.05) is 18.4 Å². The fourth-order valence-electron chi connectivity index (χ4n) is 1.56. The topological polar surface area (TPSA) is 133 Å². The number of hydrogen-bond donors (Lipinski definition) is 3. The van der Waals surface area contributed by atoms with Crippen LogP contribution in [-0.4, -0.2) is 64.3 Å². The Morgan fingerprint density at radius 1 is 1.37 bits per heavy atom. The van der Waals surface area contributed by atoms with Crippen molar-refractivity contribution in [3.8, 4) is 0 Å². The number of β-amino-alcohol motifs (C(OH)–C–C–N with tert-alkyl or cyclic N) is 2. The van der Waals surface area contributed by atoms with E-state index in [1.54, 1.807) is 0 Å². The summed E-state index contributed by atoms with van der Waals surface area (Å²) >= 11 is 0.710. The van der Waals surface area contributed by atoms with E-state index in [2.05, 4.69) is 15.5 Å². The van der Waals surface area contributed by atoms with Crippen LogP contribution in [0.1, 0.15) is 6.92 Å². The highest BCUT2D eigenvalue weighted by Crippen LogP contribution is 2.26. The molecule has 1 aliphatic rings. The highest BCUT2D eigenvalue weighted by Gasteiger charge is 2.39. The molecule has 2 atom stereocenters. The minimum Gasteiger partial charge on any atom is -0.389 e. The Hall–Kier alpha value is -1.14. The average molecular weight is 308 g/mol. The molecule has 1 aromatic heterocycles. The highest BCUT2D eigenvalue weighted by atomic mass is 32.2. The number of amides is 1. The van der Waals surface area contributed by atoms with E-state index in [-0.39, 0.29) is 28.5 Å². The van der Waals surface area contributed by atoms with Gasteiger partial charge in [-0.25, -0.2) is 8.42 Å². The summed E-state index contributed by atoms with van der Waals surface area (Å²) in [5.41, 5.74) is 0. The lowest BCUT2D eigenvalue weighted by molar-refractivity contribution is -0.114. The maximum Gasteiger partial charge on any atom is 0.272 e. The van der Waals surface area contributed by atoms with Gasteiger partial charge < -0.3 is 15.5 Å². The second-order valence-corrected chi connectivity index (χ2v) is 7.10. The highest BCUT2D eigenvalue weighted by molar-refractivity contribution is 7.91. The van der Waals surface area contributed by atoms with Gasteiger partial charge in [-0.3, -0.25) is 4.79 Å². The molecule has 0 unspecified atom stereocenters. The van der Waals surface area contributed by atoms with Crippen LogP contribution in [0.3, 0.4) is 0 Å². The number of anilines is 1. The fraction of sp³-hybridized carbons (Fsp3) is 0.625. The molecular weight excluding hydrogens is 296 g/mol. The zero-order valence-electron chi connectivity index (χ0n) is 9.85. The summed E-state index contributed by atoms with van der Waals surface area (Å²) in [5, 5.41) is 28.2. The van der Waals surface area contributed by atoms with E-state index in [9.17, 15) is 23.4 Å². The maximum absolute atomic E-state index is 12.1. The largest absolute Gasteiger partial charge is 0.389 e. The standard InChI is InChI=1S/C8H12N4O5S2/c1-4(13)9-7-10-11-8(18-7)19(16,17)12-2-5(14)6(15)3-12/h5-6,14-15H,2-3H2,1H3,(H,9,10,13)/t5-,6+. The SMILES string of the molecule is CC(=O)Nc1nnc(S(=O)(=O)N2C[C@@H](O)[C@@H](O)C2)s1. The second kappa shape index (κ2) is 5.09. The van der Waals surface area contributed by atoms with Crippen molar-refractivity contribution in [3.63, 3.8) is 0 Å². The number of sulfonamides is 1. The Balaban J connectivity index is 2.20. The molecule has 106 valence electrons. The third-order valence-electron chi connectivity index (χ3n) is 2.48. The van der Waals surface area contributed by atoms with E-state index in [1.165, 1.54) is 6.92 Å². The molecule has 1 aromatic rings. The molecule has 3 N–H and O–H groups in total. The van der Waals surface area contributed by atoms with Gasteiger partial charge in [0, 0.05) is 20.0 Å². The number of nitrogens with one attached hydrogen (secondary N) is 1. The molecule has 11 heteroatoms. The molecule has 0 bridgehead atoms. The second-order valence-electron chi connectivity index (χ2n) is 4.01. The quantitative estimate of drug-likeness (QED) is 0.562. The summed E-state index contributed by atoms with van der Waals surface area (Å²) in [7, 11) is -3.91.